The molecular formula is C6H6Cl4F6. The van der Waals surface area contributed by atoms with Crippen LogP contribution in [0, 0.1) is 0 Å². The number of rotatable bonds is 3. The predicted molar refractivity (Wildman–Crippen MR) is 52.6 cm³/mol. The predicted octanol–water partition coefficient (Wildman–Crippen LogP) is 5.14. The molecule has 0 spiro atoms. The van der Waals surface area contributed by atoms with Gasteiger partial charge in [-0.25, -0.2) is 17.6 Å². The van der Waals surface area contributed by atoms with Crippen LogP contribution >= 0.6 is 46.4 Å². The lowest BCUT2D eigenvalue weighted by molar-refractivity contribution is -0.00925. The molecule has 0 aromatic carbocycles. The molecule has 0 fully saturated rings. The zero-order valence-electron chi connectivity index (χ0n) is 7.56. The van der Waals surface area contributed by atoms with Gasteiger partial charge in [0.25, 0.3) is 11.6 Å². The summed E-state index contributed by atoms with van der Waals surface area (Å²) in [6, 6.07) is 0. The van der Waals surface area contributed by atoms with Crippen LogP contribution < -0.4 is 0 Å². The topological polar surface area (TPSA) is 0 Å². The second-order valence-electron chi connectivity index (χ2n) is 2.58. The summed E-state index contributed by atoms with van der Waals surface area (Å²) in [7, 11) is 0. The van der Waals surface area contributed by atoms with Gasteiger partial charge in [-0.05, 0) is 18.5 Å². The third-order valence-corrected chi connectivity index (χ3v) is 2.22. The Kier molecular flexibility index (Phi) is 7.89. The van der Waals surface area contributed by atoms with Crippen molar-refractivity contribution in [1.82, 2.24) is 0 Å². The first-order valence-corrected chi connectivity index (χ1v) is 4.93. The summed E-state index contributed by atoms with van der Waals surface area (Å²) < 4.78 is 66.1. The van der Waals surface area contributed by atoms with Gasteiger partial charge in [0.2, 0.25) is 4.33 Å². The van der Waals surface area contributed by atoms with Crippen LogP contribution in [0.5, 0.6) is 0 Å². The third-order valence-electron chi connectivity index (χ3n) is 0.995. The maximum atomic E-state index is 11.8. The van der Waals surface area contributed by atoms with Crippen molar-refractivity contribution < 1.29 is 26.3 Å². The molecule has 0 N–H and O–H groups in total. The molecule has 10 heteroatoms. The number of hydrogen-bond donors (Lipinski definition) is 0. The van der Waals surface area contributed by atoms with Gasteiger partial charge in [-0.2, -0.15) is 8.78 Å². The first kappa shape index (κ1) is 19.1. The highest BCUT2D eigenvalue weighted by molar-refractivity contribution is 6.48. The van der Waals surface area contributed by atoms with Crippen LogP contribution in [0.3, 0.4) is 0 Å². The first-order chi connectivity index (χ1) is 6.75. The summed E-state index contributed by atoms with van der Waals surface area (Å²) in [5.74, 6) is 0. The monoisotopic (exact) mass is 332 g/mol. The van der Waals surface area contributed by atoms with Gasteiger partial charge in [0.1, 0.15) is 6.67 Å². The van der Waals surface area contributed by atoms with E-state index in [1.807, 2.05) is 0 Å². The normalized spacial score (nSPS) is 16.5. The fourth-order valence-electron chi connectivity index (χ4n) is 0.0583. The maximum Gasteiger partial charge on any atom is 0.368 e. The Balaban J connectivity index is 0. The van der Waals surface area contributed by atoms with Crippen LogP contribution in [0.2, 0.25) is 0 Å². The molecule has 0 saturated heterocycles. The first-order valence-electron chi connectivity index (χ1n) is 3.42. The number of alkyl halides is 10. The van der Waals surface area contributed by atoms with E-state index in [1.165, 1.54) is 0 Å². The largest absolute Gasteiger partial charge is 0.368 e. The van der Waals surface area contributed by atoms with Gasteiger partial charge in [-0.1, -0.05) is 34.8 Å². The van der Waals surface area contributed by atoms with Crippen molar-refractivity contribution in [2.75, 3.05) is 6.67 Å². The Morgan fingerprint density at radius 2 is 1.25 bits per heavy atom. The van der Waals surface area contributed by atoms with E-state index >= 15 is 0 Å². The minimum Gasteiger partial charge on any atom is -0.248 e. The van der Waals surface area contributed by atoms with Crippen LogP contribution in [-0.4, -0.2) is 27.9 Å². The molecule has 1 atom stereocenters. The van der Waals surface area contributed by atoms with E-state index in [9.17, 15) is 26.3 Å². The van der Waals surface area contributed by atoms with Crippen molar-refractivity contribution in [2.24, 2.45) is 0 Å². The Morgan fingerprint density at radius 1 is 1.00 bits per heavy atom. The smallest absolute Gasteiger partial charge is 0.248 e. The summed E-state index contributed by atoms with van der Waals surface area (Å²) >= 11 is 18.0. The van der Waals surface area contributed by atoms with Gasteiger partial charge in [-0.3, -0.25) is 0 Å². The Labute approximate surface area is 108 Å². The van der Waals surface area contributed by atoms with E-state index in [4.69, 9.17) is 23.2 Å². The second kappa shape index (κ2) is 6.61. The van der Waals surface area contributed by atoms with Crippen LogP contribution in [0.15, 0.2) is 0 Å². The Bertz CT molecular complexity index is 180. The number of hydrogen-bond acceptors (Lipinski definition) is 0. The fraction of sp³-hybridized carbons (Fsp3) is 1.00. The molecule has 0 heterocycles. The van der Waals surface area contributed by atoms with E-state index in [0.717, 1.165) is 0 Å². The van der Waals surface area contributed by atoms with Crippen molar-refractivity contribution in [3.8, 4) is 0 Å². The standard InChI is InChI=1S/2C3H3Cl2F3/c4-3(5,1-6)2(7)8;1-2(4,6)3(5,7)8/h2H,1H2;1H3. The molecular weight excluding hydrogens is 328 g/mol. The zero-order valence-corrected chi connectivity index (χ0v) is 10.6. The molecule has 0 aliphatic heterocycles. The zero-order chi connectivity index (χ0) is 13.8. The van der Waals surface area contributed by atoms with E-state index < -0.39 is 27.9 Å². The summed E-state index contributed by atoms with van der Waals surface area (Å²) in [5.41, 5.74) is 0. The number of halogens is 10. The summed E-state index contributed by atoms with van der Waals surface area (Å²) in [4.78, 5) is 0. The highest BCUT2D eigenvalue weighted by Gasteiger charge is 2.48. The molecule has 0 nitrogen and oxygen atoms in total. The van der Waals surface area contributed by atoms with Crippen LogP contribution in [0.4, 0.5) is 26.3 Å². The maximum absolute atomic E-state index is 11.8. The Hall–Kier alpha value is 0.740. The molecule has 16 heavy (non-hydrogen) atoms. The molecule has 0 saturated carbocycles. The third kappa shape index (κ3) is 7.92. The molecule has 0 bridgehead atoms. The molecule has 100 valence electrons. The lowest BCUT2D eigenvalue weighted by Crippen LogP contribution is -2.30. The van der Waals surface area contributed by atoms with Crippen molar-refractivity contribution >= 4 is 46.4 Å². The highest BCUT2D eigenvalue weighted by Crippen LogP contribution is 2.38. The molecule has 0 amide bonds. The van der Waals surface area contributed by atoms with Crippen molar-refractivity contribution in [3.05, 3.63) is 0 Å². The summed E-state index contributed by atoms with van der Waals surface area (Å²) in [5, 5.41) is -7.15. The van der Waals surface area contributed by atoms with E-state index in [2.05, 4.69) is 23.2 Å². The van der Waals surface area contributed by atoms with Crippen molar-refractivity contribution in [1.29, 1.82) is 0 Å². The molecule has 0 aromatic rings. The molecule has 0 aliphatic rings. The molecule has 0 rings (SSSR count). The SMILES string of the molecule is CC(F)(Cl)C(F)(F)Cl.FCC(Cl)(Cl)C(F)F. The van der Waals surface area contributed by atoms with Crippen LogP contribution in [0.25, 0.3) is 0 Å². The van der Waals surface area contributed by atoms with E-state index in [0.29, 0.717) is 6.92 Å². The quantitative estimate of drug-likeness (QED) is 0.495. The van der Waals surface area contributed by atoms with Gasteiger partial charge in [0.05, 0.1) is 0 Å². The highest BCUT2D eigenvalue weighted by atomic mass is 35.5. The van der Waals surface area contributed by atoms with Gasteiger partial charge in [0.15, 0.2) is 0 Å². The van der Waals surface area contributed by atoms with Gasteiger partial charge in [0, 0.05) is 0 Å². The average Bonchev–Trinajstić information content (AvgIpc) is 2.01. The van der Waals surface area contributed by atoms with Crippen LogP contribution in [-0.2, 0) is 0 Å². The minimum absolute atomic E-state index is 0.488. The summed E-state index contributed by atoms with van der Waals surface area (Å²) in [6.07, 6.45) is -3.03. The minimum atomic E-state index is -3.99. The second-order valence-corrected chi connectivity index (χ2v) is 5.31. The lowest BCUT2D eigenvalue weighted by atomic mass is 10.4. The van der Waals surface area contributed by atoms with Gasteiger partial charge < -0.3 is 0 Å². The molecule has 1 unspecified atom stereocenters. The fourth-order valence-corrected chi connectivity index (χ4v) is 0.0583. The van der Waals surface area contributed by atoms with Crippen molar-refractivity contribution in [2.45, 2.75) is 28.2 Å². The van der Waals surface area contributed by atoms with E-state index in [1.54, 1.807) is 0 Å². The average molecular weight is 334 g/mol. The van der Waals surface area contributed by atoms with Crippen LogP contribution in [0.1, 0.15) is 6.92 Å². The molecule has 0 aromatic heterocycles. The molecule has 0 radical (unpaired) electrons. The van der Waals surface area contributed by atoms with Gasteiger partial charge >= 0.3 is 5.38 Å². The summed E-state index contributed by atoms with van der Waals surface area (Å²) in [6.45, 7) is -0.949. The van der Waals surface area contributed by atoms with Gasteiger partial charge in [-0.15, -0.1) is 0 Å². The van der Waals surface area contributed by atoms with Crippen molar-refractivity contribution in [3.63, 3.8) is 0 Å². The Morgan fingerprint density at radius 3 is 1.25 bits per heavy atom. The molecule has 0 aliphatic carbocycles. The van der Waals surface area contributed by atoms with E-state index in [-0.39, 0.29) is 0 Å². The lowest BCUT2D eigenvalue weighted by Gasteiger charge is -2.16.